The van der Waals surface area contributed by atoms with Crippen molar-refractivity contribution in [3.8, 4) is 28.4 Å². The monoisotopic (exact) mass is 691 g/mol. The molecule has 2 aliphatic heterocycles. The number of hydrogen-bond donors (Lipinski definition) is 3. The van der Waals surface area contributed by atoms with Gasteiger partial charge in [0.2, 0.25) is 17.9 Å². The molecule has 4 heterocycles. The molecule has 0 saturated carbocycles. The number of hydrogen-bond acceptors (Lipinski definition) is 9. The molecule has 6 rings (SSSR count). The van der Waals surface area contributed by atoms with Crippen LogP contribution >= 0.6 is 0 Å². The second-order valence-corrected chi connectivity index (χ2v) is 12.2. The van der Waals surface area contributed by atoms with Crippen LogP contribution in [0.1, 0.15) is 36.6 Å². The normalized spacial score (nSPS) is 18.4. The Morgan fingerprint density at radius 3 is 2.41 bits per heavy atom. The Labute approximate surface area is 275 Å². The number of alkyl halides is 6. The summed E-state index contributed by atoms with van der Waals surface area (Å²) in [5.41, 5.74) is 6.40. The predicted octanol–water partition coefficient (Wildman–Crippen LogP) is 5.83. The lowest BCUT2D eigenvalue weighted by Crippen LogP contribution is -2.41. The molecule has 2 aromatic carbocycles. The third kappa shape index (κ3) is 7.66. The molecule has 4 aromatic rings. The van der Waals surface area contributed by atoms with Gasteiger partial charge in [0.05, 0.1) is 11.4 Å². The zero-order valence-corrected chi connectivity index (χ0v) is 25.9. The number of aromatic nitrogens is 4. The molecule has 49 heavy (non-hydrogen) atoms. The van der Waals surface area contributed by atoms with Gasteiger partial charge in [-0.3, -0.25) is 4.79 Å². The van der Waals surface area contributed by atoms with Crippen LogP contribution in [0.25, 0.3) is 16.8 Å². The fourth-order valence-corrected chi connectivity index (χ4v) is 6.33. The highest BCUT2D eigenvalue weighted by Crippen LogP contribution is 2.43. The fourth-order valence-electron chi connectivity index (χ4n) is 6.33. The van der Waals surface area contributed by atoms with Crippen LogP contribution in [0.2, 0.25) is 0 Å². The van der Waals surface area contributed by atoms with Crippen LogP contribution in [0.5, 0.6) is 11.6 Å². The third-order valence-corrected chi connectivity index (χ3v) is 8.73. The van der Waals surface area contributed by atoms with E-state index >= 15 is 0 Å². The first-order valence-electron chi connectivity index (χ1n) is 15.2. The summed E-state index contributed by atoms with van der Waals surface area (Å²) in [5, 5.41) is 16.7. The summed E-state index contributed by atoms with van der Waals surface area (Å²) in [4.78, 5) is 21.4. The van der Waals surface area contributed by atoms with Crippen molar-refractivity contribution in [2.24, 2.45) is 5.41 Å². The van der Waals surface area contributed by atoms with E-state index in [4.69, 9.17) is 10.5 Å². The van der Waals surface area contributed by atoms with Crippen LogP contribution in [-0.2, 0) is 4.79 Å². The number of carbonyl (C=O) groups is 1. The molecule has 11 nitrogen and oxygen atoms in total. The van der Waals surface area contributed by atoms with Crippen LogP contribution in [0.3, 0.4) is 0 Å². The SMILES string of the molecule is Cc1ccn(-c2cc(-c3cccc(OC(F)(F)F)c3)ccc2[C@@H](Oc2cc(N3CCC4(CC3)CN[C@H](C(=O)O)C4)nc(N)n2)C(F)(F)F)n1. The molecule has 0 amide bonds. The minimum atomic E-state index is -4.97. The van der Waals surface area contributed by atoms with Crippen molar-refractivity contribution in [3.05, 3.63) is 72.1 Å². The fraction of sp³-hybridized carbons (Fsp3) is 0.375. The minimum Gasteiger partial charge on any atom is -0.480 e. The first kappa shape index (κ1) is 33.8. The topological polar surface area (TPSA) is 141 Å². The summed E-state index contributed by atoms with van der Waals surface area (Å²) < 4.78 is 93.9. The Balaban J connectivity index is 1.31. The van der Waals surface area contributed by atoms with E-state index in [1.165, 1.54) is 47.3 Å². The number of aryl methyl sites for hydroxylation is 1. The van der Waals surface area contributed by atoms with Gasteiger partial charge in [-0.1, -0.05) is 24.3 Å². The molecule has 2 saturated heterocycles. The largest absolute Gasteiger partial charge is 0.573 e. The molecule has 2 aromatic heterocycles. The zero-order valence-electron chi connectivity index (χ0n) is 25.9. The number of carboxylic acids is 1. The van der Waals surface area contributed by atoms with Crippen molar-refractivity contribution in [1.82, 2.24) is 25.1 Å². The van der Waals surface area contributed by atoms with Crippen LogP contribution < -0.4 is 25.4 Å². The average Bonchev–Trinajstić information content (AvgIpc) is 3.65. The highest BCUT2D eigenvalue weighted by Gasteiger charge is 2.46. The summed E-state index contributed by atoms with van der Waals surface area (Å²) in [5.74, 6) is -1.87. The molecule has 0 bridgehead atoms. The summed E-state index contributed by atoms with van der Waals surface area (Å²) in [6.07, 6.45) is -9.25. The molecule has 2 fully saturated rings. The van der Waals surface area contributed by atoms with Crippen molar-refractivity contribution >= 4 is 17.7 Å². The number of halogens is 6. The molecule has 4 N–H and O–H groups in total. The van der Waals surface area contributed by atoms with E-state index in [1.54, 1.807) is 13.0 Å². The minimum absolute atomic E-state index is 0.0384. The molecular weight excluding hydrogens is 660 g/mol. The summed E-state index contributed by atoms with van der Waals surface area (Å²) in [7, 11) is 0. The van der Waals surface area contributed by atoms with Gasteiger partial charge in [0.15, 0.2) is 0 Å². The van der Waals surface area contributed by atoms with Crippen molar-refractivity contribution in [1.29, 1.82) is 0 Å². The molecule has 17 heteroatoms. The maximum Gasteiger partial charge on any atom is 0.573 e. The van der Waals surface area contributed by atoms with Gasteiger partial charge in [-0.15, -0.1) is 13.2 Å². The number of rotatable bonds is 8. The van der Waals surface area contributed by atoms with E-state index in [2.05, 4.69) is 25.1 Å². The van der Waals surface area contributed by atoms with Crippen molar-refractivity contribution in [2.45, 2.75) is 50.9 Å². The number of ether oxygens (including phenoxy) is 2. The molecule has 1 spiro atoms. The lowest BCUT2D eigenvalue weighted by molar-refractivity contribution is -0.274. The lowest BCUT2D eigenvalue weighted by Gasteiger charge is -2.39. The van der Waals surface area contributed by atoms with Crippen molar-refractivity contribution in [2.75, 3.05) is 30.3 Å². The predicted molar refractivity (Wildman–Crippen MR) is 164 cm³/mol. The molecule has 0 radical (unpaired) electrons. The Kier molecular flexibility index (Phi) is 8.81. The van der Waals surface area contributed by atoms with E-state index in [1.807, 2.05) is 4.90 Å². The Morgan fingerprint density at radius 2 is 1.78 bits per heavy atom. The second-order valence-electron chi connectivity index (χ2n) is 12.2. The van der Waals surface area contributed by atoms with Crippen LogP contribution in [0, 0.1) is 12.3 Å². The highest BCUT2D eigenvalue weighted by atomic mass is 19.4. The van der Waals surface area contributed by atoms with E-state index in [-0.39, 0.29) is 34.0 Å². The highest BCUT2D eigenvalue weighted by molar-refractivity contribution is 5.74. The van der Waals surface area contributed by atoms with Crippen LogP contribution in [0.15, 0.2) is 60.8 Å². The Morgan fingerprint density at radius 1 is 1.04 bits per heavy atom. The zero-order chi connectivity index (χ0) is 35.1. The van der Waals surface area contributed by atoms with Gasteiger partial charge in [-0.2, -0.15) is 28.2 Å². The number of benzene rings is 2. The summed E-state index contributed by atoms with van der Waals surface area (Å²) in [6, 6.07) is 11.2. The third-order valence-electron chi connectivity index (χ3n) is 8.73. The molecule has 2 aliphatic rings. The molecule has 260 valence electrons. The van der Waals surface area contributed by atoms with E-state index < -0.39 is 42.3 Å². The van der Waals surface area contributed by atoms with Crippen LogP contribution in [0.4, 0.5) is 38.1 Å². The van der Waals surface area contributed by atoms with E-state index in [9.17, 15) is 36.2 Å². The Hall–Kier alpha value is -5.06. The van der Waals surface area contributed by atoms with Gasteiger partial charge in [-0.05, 0) is 67.0 Å². The second kappa shape index (κ2) is 12.8. The smallest absolute Gasteiger partial charge is 0.480 e. The first-order valence-corrected chi connectivity index (χ1v) is 15.2. The number of aliphatic carboxylic acids is 1. The number of nitrogens with two attached hydrogens (primary N) is 1. The standard InChI is InChI=1S/C32H31F6N7O4/c1-18-7-10-45(43-18)24-14-20(19-3-2-4-21(13-19)49-32(36,37)38)5-6-22(24)27(31(33,34)35)48-26-15-25(41-29(39)42-26)44-11-8-30(9-12-44)16-23(28(46)47)40-17-30/h2-7,10,13-15,23,27,40H,8-9,11-12,16-17H2,1H3,(H,46,47)(H2,39,41,42)/t23-,27+/m0/s1. The number of anilines is 2. The van der Waals surface area contributed by atoms with E-state index in [0.29, 0.717) is 50.2 Å². The summed E-state index contributed by atoms with van der Waals surface area (Å²) >= 11 is 0. The number of nitrogens with zero attached hydrogens (tertiary/aromatic N) is 5. The molecule has 2 atom stereocenters. The lowest BCUT2D eigenvalue weighted by atomic mass is 9.76. The molecule has 0 unspecified atom stereocenters. The Bertz CT molecular complexity index is 1840. The van der Waals surface area contributed by atoms with Crippen molar-refractivity contribution < 1.29 is 45.7 Å². The number of carboxylic acid groups (broad SMARTS) is 1. The van der Waals surface area contributed by atoms with Gasteiger partial charge in [0.1, 0.15) is 17.6 Å². The van der Waals surface area contributed by atoms with Crippen molar-refractivity contribution in [3.63, 3.8) is 0 Å². The average molecular weight is 692 g/mol. The number of piperidine rings is 1. The maximum atomic E-state index is 14.8. The molecular formula is C32H31F6N7O4. The number of nitrogen functional groups attached to an aromatic ring is 1. The first-order chi connectivity index (χ1) is 23.1. The number of nitrogens with one attached hydrogen (secondary N) is 1. The van der Waals surface area contributed by atoms with Gasteiger partial charge in [0, 0.05) is 37.5 Å². The van der Waals surface area contributed by atoms with Gasteiger partial charge < -0.3 is 30.5 Å². The van der Waals surface area contributed by atoms with Crippen LogP contribution in [-0.4, -0.2) is 69.0 Å². The molecule has 0 aliphatic carbocycles. The maximum absolute atomic E-state index is 14.8. The quantitative estimate of drug-likeness (QED) is 0.193. The van der Waals surface area contributed by atoms with E-state index in [0.717, 1.165) is 12.1 Å². The summed E-state index contributed by atoms with van der Waals surface area (Å²) in [6.45, 7) is 3.13. The van der Waals surface area contributed by atoms with Gasteiger partial charge in [-0.25, -0.2) is 4.68 Å². The van der Waals surface area contributed by atoms with Gasteiger partial charge >= 0.3 is 18.5 Å². The van der Waals surface area contributed by atoms with Gasteiger partial charge in [0.25, 0.3) is 0 Å².